The normalized spacial score (nSPS) is 19.4. The maximum Gasteiger partial charge on any atom is 0.416 e. The largest absolute Gasteiger partial charge is 0.416 e. The number of carbonyl (C=O) groups is 1. The van der Waals surface area contributed by atoms with Gasteiger partial charge in [0.05, 0.1) is 12.0 Å². The summed E-state index contributed by atoms with van der Waals surface area (Å²) in [5.74, 6) is -0.369. The molecule has 1 aliphatic heterocycles. The Morgan fingerprint density at radius 1 is 1.07 bits per heavy atom. The highest BCUT2D eigenvalue weighted by Crippen LogP contribution is 2.40. The van der Waals surface area contributed by atoms with Gasteiger partial charge in [0, 0.05) is 24.8 Å². The first-order chi connectivity index (χ1) is 13.8. The van der Waals surface area contributed by atoms with E-state index in [1.165, 1.54) is 18.4 Å². The minimum atomic E-state index is -4.60. The van der Waals surface area contributed by atoms with Crippen LogP contribution in [0.15, 0.2) is 42.5 Å². The molecule has 2 aromatic rings. The van der Waals surface area contributed by atoms with E-state index in [4.69, 9.17) is 0 Å². The molecule has 1 N–H and O–H groups in total. The van der Waals surface area contributed by atoms with Crippen molar-refractivity contribution >= 4 is 11.6 Å². The predicted octanol–water partition coefficient (Wildman–Crippen LogP) is 4.66. The van der Waals surface area contributed by atoms with E-state index in [9.17, 15) is 22.4 Å². The van der Waals surface area contributed by atoms with Crippen LogP contribution in [-0.2, 0) is 17.4 Å². The molecular weight excluding hydrogens is 384 g/mol. The summed E-state index contributed by atoms with van der Waals surface area (Å²) >= 11 is 0. The summed E-state index contributed by atoms with van der Waals surface area (Å²) in [5, 5.41) is 2.94. The lowest BCUT2D eigenvalue weighted by Crippen LogP contribution is -2.38. The summed E-state index contributed by atoms with van der Waals surface area (Å²) < 4.78 is 52.4. The summed E-state index contributed by atoms with van der Waals surface area (Å²) in [6.45, 7) is 0.814. The van der Waals surface area contributed by atoms with Gasteiger partial charge in [-0.25, -0.2) is 4.39 Å². The van der Waals surface area contributed by atoms with Crippen molar-refractivity contribution in [2.75, 3.05) is 18.0 Å². The fourth-order valence-electron chi connectivity index (χ4n) is 3.82. The standard InChI is InChI=1S/C22H22F4N2O/c23-18-10-17(22(24,25)26)11-20(12-18)28-8-7-19(13-28)27-21(29)9-14-1-3-15(4-2-14)16-5-6-16/h1-4,10-12,16,19H,5-9,13H2,(H,27,29)/t19-/m1/s1. The van der Waals surface area contributed by atoms with E-state index in [1.807, 2.05) is 12.1 Å². The third-order valence-corrected chi connectivity index (χ3v) is 5.52. The van der Waals surface area contributed by atoms with Crippen molar-refractivity contribution in [1.29, 1.82) is 0 Å². The maximum atomic E-state index is 13.6. The van der Waals surface area contributed by atoms with Crippen LogP contribution in [0.2, 0.25) is 0 Å². The van der Waals surface area contributed by atoms with Crippen molar-refractivity contribution in [1.82, 2.24) is 5.32 Å². The molecule has 4 rings (SSSR count). The van der Waals surface area contributed by atoms with Crippen molar-refractivity contribution in [3.8, 4) is 0 Å². The van der Waals surface area contributed by atoms with Crippen molar-refractivity contribution in [3.05, 3.63) is 65.0 Å². The quantitative estimate of drug-likeness (QED) is 0.733. The molecule has 1 amide bonds. The number of anilines is 1. The second-order valence-electron chi connectivity index (χ2n) is 7.89. The van der Waals surface area contributed by atoms with Crippen LogP contribution >= 0.6 is 0 Å². The Bertz CT molecular complexity index is 891. The van der Waals surface area contributed by atoms with E-state index in [2.05, 4.69) is 17.4 Å². The molecule has 1 atom stereocenters. The molecule has 2 aliphatic rings. The van der Waals surface area contributed by atoms with Crippen LogP contribution in [-0.4, -0.2) is 25.0 Å². The number of amides is 1. The van der Waals surface area contributed by atoms with Gasteiger partial charge in [-0.1, -0.05) is 24.3 Å². The number of nitrogens with zero attached hydrogens (tertiary/aromatic N) is 1. The molecule has 3 nitrogen and oxygen atoms in total. The molecule has 0 radical (unpaired) electrons. The summed E-state index contributed by atoms with van der Waals surface area (Å²) in [4.78, 5) is 14.0. The van der Waals surface area contributed by atoms with E-state index in [0.717, 1.165) is 17.7 Å². The minimum absolute atomic E-state index is 0.119. The average Bonchev–Trinajstić information content (AvgIpc) is 3.40. The van der Waals surface area contributed by atoms with Crippen LogP contribution < -0.4 is 10.2 Å². The van der Waals surface area contributed by atoms with E-state index in [1.54, 1.807) is 4.90 Å². The Balaban J connectivity index is 1.33. The van der Waals surface area contributed by atoms with Crippen molar-refractivity contribution in [3.63, 3.8) is 0 Å². The lowest BCUT2D eigenvalue weighted by atomic mass is 10.1. The van der Waals surface area contributed by atoms with Gasteiger partial charge in [-0.2, -0.15) is 13.2 Å². The second kappa shape index (κ2) is 7.69. The Labute approximate surface area is 166 Å². The van der Waals surface area contributed by atoms with E-state index >= 15 is 0 Å². The molecule has 0 bridgehead atoms. The highest BCUT2D eigenvalue weighted by molar-refractivity contribution is 5.79. The molecule has 2 fully saturated rings. The third kappa shape index (κ3) is 4.89. The smallest absolute Gasteiger partial charge is 0.369 e. The van der Waals surface area contributed by atoms with Crippen LogP contribution in [0.3, 0.4) is 0 Å². The number of hydrogen-bond acceptors (Lipinski definition) is 2. The molecule has 0 spiro atoms. The van der Waals surface area contributed by atoms with Crippen LogP contribution in [0.1, 0.15) is 41.9 Å². The number of halogens is 4. The molecule has 1 saturated carbocycles. The first-order valence-corrected chi connectivity index (χ1v) is 9.79. The van der Waals surface area contributed by atoms with Gasteiger partial charge < -0.3 is 10.2 Å². The number of nitrogens with one attached hydrogen (secondary N) is 1. The summed E-state index contributed by atoms with van der Waals surface area (Å²) in [6, 6.07) is 10.5. The fraction of sp³-hybridized carbons (Fsp3) is 0.409. The molecule has 29 heavy (non-hydrogen) atoms. The highest BCUT2D eigenvalue weighted by atomic mass is 19.4. The molecule has 154 valence electrons. The Morgan fingerprint density at radius 3 is 2.45 bits per heavy atom. The third-order valence-electron chi connectivity index (χ3n) is 5.52. The van der Waals surface area contributed by atoms with Crippen molar-refractivity contribution < 1.29 is 22.4 Å². The highest BCUT2D eigenvalue weighted by Gasteiger charge is 2.33. The summed E-state index contributed by atoms with van der Waals surface area (Å²) in [5.41, 5.74) is 1.43. The van der Waals surface area contributed by atoms with Crippen LogP contribution in [0.25, 0.3) is 0 Å². The molecule has 2 aromatic carbocycles. The van der Waals surface area contributed by atoms with Gasteiger partial charge in [-0.05, 0) is 54.5 Å². The fourth-order valence-corrected chi connectivity index (χ4v) is 3.82. The molecule has 1 aliphatic carbocycles. The lowest BCUT2D eigenvalue weighted by Gasteiger charge is -2.20. The Morgan fingerprint density at radius 2 is 1.79 bits per heavy atom. The van der Waals surface area contributed by atoms with Gasteiger partial charge in [-0.15, -0.1) is 0 Å². The first kappa shape index (κ1) is 19.7. The topological polar surface area (TPSA) is 32.3 Å². The monoisotopic (exact) mass is 406 g/mol. The first-order valence-electron chi connectivity index (χ1n) is 9.79. The SMILES string of the molecule is O=C(Cc1ccc(C2CC2)cc1)N[C@@H]1CCN(c2cc(F)cc(C(F)(F)F)c2)C1. The van der Waals surface area contributed by atoms with Crippen LogP contribution in [0.5, 0.6) is 0 Å². The van der Waals surface area contributed by atoms with Gasteiger partial charge >= 0.3 is 6.18 Å². The summed E-state index contributed by atoms with van der Waals surface area (Å²) in [6.07, 6.45) is -1.27. The molecule has 1 heterocycles. The maximum absolute atomic E-state index is 13.6. The van der Waals surface area contributed by atoms with Crippen molar-refractivity contribution in [2.24, 2.45) is 0 Å². The minimum Gasteiger partial charge on any atom is -0.369 e. The molecule has 0 unspecified atom stereocenters. The van der Waals surface area contributed by atoms with E-state index in [-0.39, 0.29) is 24.1 Å². The van der Waals surface area contributed by atoms with Gasteiger partial charge in [0.25, 0.3) is 0 Å². The van der Waals surface area contributed by atoms with Crippen LogP contribution in [0.4, 0.5) is 23.2 Å². The molecule has 7 heteroatoms. The number of benzene rings is 2. The molecule has 1 saturated heterocycles. The zero-order valence-electron chi connectivity index (χ0n) is 15.8. The molecule has 0 aromatic heterocycles. The van der Waals surface area contributed by atoms with Gasteiger partial charge in [0.1, 0.15) is 5.82 Å². The number of carbonyl (C=O) groups excluding carboxylic acids is 1. The zero-order valence-corrected chi connectivity index (χ0v) is 15.8. The predicted molar refractivity (Wildman–Crippen MR) is 102 cm³/mol. The Hall–Kier alpha value is -2.57. The van der Waals surface area contributed by atoms with Crippen molar-refractivity contribution in [2.45, 2.75) is 43.8 Å². The number of alkyl halides is 3. The summed E-state index contributed by atoms with van der Waals surface area (Å²) in [7, 11) is 0. The number of hydrogen-bond donors (Lipinski definition) is 1. The number of rotatable bonds is 5. The van der Waals surface area contributed by atoms with Gasteiger partial charge in [-0.3, -0.25) is 4.79 Å². The zero-order chi connectivity index (χ0) is 20.6. The Kier molecular flexibility index (Phi) is 5.23. The van der Waals surface area contributed by atoms with Gasteiger partial charge in [0.2, 0.25) is 5.91 Å². The average molecular weight is 406 g/mol. The molecular formula is C22H22F4N2O. The van der Waals surface area contributed by atoms with Gasteiger partial charge in [0.15, 0.2) is 0 Å². The second-order valence-corrected chi connectivity index (χ2v) is 7.89. The van der Waals surface area contributed by atoms with Crippen LogP contribution in [0, 0.1) is 5.82 Å². The van der Waals surface area contributed by atoms with E-state index in [0.29, 0.717) is 31.5 Å². The lowest BCUT2D eigenvalue weighted by molar-refractivity contribution is -0.137. The van der Waals surface area contributed by atoms with E-state index < -0.39 is 17.6 Å².